The van der Waals surface area contributed by atoms with Crippen molar-refractivity contribution in [2.75, 3.05) is 0 Å². The van der Waals surface area contributed by atoms with E-state index in [4.69, 9.17) is 12.2 Å². The van der Waals surface area contributed by atoms with Gasteiger partial charge in [0.15, 0.2) is 4.77 Å². The van der Waals surface area contributed by atoms with Crippen LogP contribution in [-0.2, 0) is 0 Å². The van der Waals surface area contributed by atoms with Crippen LogP contribution in [0.2, 0.25) is 0 Å². The third-order valence-electron chi connectivity index (χ3n) is 3.25. The Morgan fingerprint density at radius 3 is 2.81 bits per heavy atom. The summed E-state index contributed by atoms with van der Waals surface area (Å²) in [6, 6.07) is 6.04. The Morgan fingerprint density at radius 1 is 1.43 bits per heavy atom. The van der Waals surface area contributed by atoms with Crippen molar-refractivity contribution >= 4 is 24.1 Å². The standard InChI is InChI=1S/C14H12FN3O2S/c15-10-3-1-2-4-11(10)16-7-9-12(19)17-14(21)18(13(9)20)8-5-6-8/h1-4,7-8,20H,5-6H2,(H,17,19,21). The van der Waals surface area contributed by atoms with Crippen molar-refractivity contribution in [1.82, 2.24) is 9.55 Å². The van der Waals surface area contributed by atoms with E-state index >= 15 is 0 Å². The van der Waals surface area contributed by atoms with Gasteiger partial charge in [0.05, 0.1) is 5.69 Å². The number of hydrogen-bond donors (Lipinski definition) is 2. The van der Waals surface area contributed by atoms with Crippen LogP contribution in [-0.4, -0.2) is 20.9 Å². The Labute approximate surface area is 124 Å². The number of aromatic nitrogens is 2. The highest BCUT2D eigenvalue weighted by molar-refractivity contribution is 7.71. The van der Waals surface area contributed by atoms with Crippen molar-refractivity contribution in [2.24, 2.45) is 4.99 Å². The minimum absolute atomic E-state index is 0.0289. The lowest BCUT2D eigenvalue weighted by atomic mass is 10.3. The molecule has 2 aromatic rings. The zero-order valence-electron chi connectivity index (χ0n) is 10.9. The normalized spacial score (nSPS) is 14.7. The fourth-order valence-corrected chi connectivity index (χ4v) is 2.36. The van der Waals surface area contributed by atoms with Gasteiger partial charge in [-0.1, -0.05) is 12.1 Å². The van der Waals surface area contributed by atoms with Crippen LogP contribution in [0.15, 0.2) is 34.1 Å². The number of para-hydroxylation sites is 1. The van der Waals surface area contributed by atoms with Crippen molar-refractivity contribution in [3.8, 4) is 5.88 Å². The summed E-state index contributed by atoms with van der Waals surface area (Å²) < 4.78 is 15.2. The number of benzene rings is 1. The first-order chi connectivity index (χ1) is 10.1. The van der Waals surface area contributed by atoms with E-state index in [-0.39, 0.29) is 27.9 Å². The molecule has 0 saturated heterocycles. The molecule has 1 heterocycles. The van der Waals surface area contributed by atoms with Gasteiger partial charge in [-0.25, -0.2) is 4.39 Å². The molecule has 21 heavy (non-hydrogen) atoms. The van der Waals surface area contributed by atoms with E-state index in [1.807, 2.05) is 0 Å². The number of nitrogens with one attached hydrogen (secondary N) is 1. The Morgan fingerprint density at radius 2 is 2.14 bits per heavy atom. The quantitative estimate of drug-likeness (QED) is 0.676. The van der Waals surface area contributed by atoms with Gasteiger partial charge >= 0.3 is 0 Å². The largest absolute Gasteiger partial charge is 0.494 e. The number of aromatic amines is 1. The fourth-order valence-electron chi connectivity index (χ4n) is 2.03. The molecule has 1 aliphatic carbocycles. The summed E-state index contributed by atoms with van der Waals surface area (Å²) in [4.78, 5) is 18.3. The van der Waals surface area contributed by atoms with E-state index in [1.54, 1.807) is 12.1 Å². The third kappa shape index (κ3) is 2.64. The van der Waals surface area contributed by atoms with Gasteiger partial charge in [0.2, 0.25) is 5.88 Å². The molecular formula is C14H12FN3O2S. The van der Waals surface area contributed by atoms with Crippen LogP contribution in [0.1, 0.15) is 24.4 Å². The maximum absolute atomic E-state index is 13.5. The summed E-state index contributed by atoms with van der Waals surface area (Å²) in [5, 5.41) is 10.2. The van der Waals surface area contributed by atoms with E-state index in [2.05, 4.69) is 9.98 Å². The zero-order valence-corrected chi connectivity index (χ0v) is 11.7. The van der Waals surface area contributed by atoms with Crippen LogP contribution in [0.3, 0.4) is 0 Å². The molecule has 0 aliphatic heterocycles. The molecule has 2 N–H and O–H groups in total. The Balaban J connectivity index is 2.07. The van der Waals surface area contributed by atoms with Gasteiger partial charge in [-0.15, -0.1) is 0 Å². The van der Waals surface area contributed by atoms with Crippen LogP contribution in [0.5, 0.6) is 5.88 Å². The van der Waals surface area contributed by atoms with Crippen LogP contribution < -0.4 is 5.56 Å². The van der Waals surface area contributed by atoms with E-state index in [9.17, 15) is 14.3 Å². The van der Waals surface area contributed by atoms with Crippen molar-refractivity contribution in [3.63, 3.8) is 0 Å². The minimum atomic E-state index is -0.547. The molecule has 1 aliphatic rings. The highest BCUT2D eigenvalue weighted by Gasteiger charge is 2.27. The van der Waals surface area contributed by atoms with E-state index in [0.717, 1.165) is 19.1 Å². The molecular weight excluding hydrogens is 293 g/mol. The molecule has 7 heteroatoms. The number of aliphatic imine (C=N–C) groups is 1. The van der Waals surface area contributed by atoms with Gasteiger partial charge in [-0.2, -0.15) is 0 Å². The lowest BCUT2D eigenvalue weighted by molar-refractivity contribution is 0.405. The minimum Gasteiger partial charge on any atom is -0.494 e. The summed E-state index contributed by atoms with van der Waals surface area (Å²) in [7, 11) is 0. The molecule has 5 nitrogen and oxygen atoms in total. The van der Waals surface area contributed by atoms with Crippen molar-refractivity contribution in [1.29, 1.82) is 0 Å². The Hall–Kier alpha value is -2.28. The second-order valence-corrected chi connectivity index (χ2v) is 5.19. The maximum Gasteiger partial charge on any atom is 0.264 e. The molecule has 0 amide bonds. The predicted molar refractivity (Wildman–Crippen MR) is 79.5 cm³/mol. The molecule has 0 unspecified atom stereocenters. The molecule has 0 atom stereocenters. The first-order valence-electron chi connectivity index (χ1n) is 6.44. The lowest BCUT2D eigenvalue weighted by Crippen LogP contribution is -2.18. The lowest BCUT2D eigenvalue weighted by Gasteiger charge is -2.09. The van der Waals surface area contributed by atoms with Gasteiger partial charge in [-0.05, 0) is 37.2 Å². The SMILES string of the molecule is O=c1[nH]c(=S)n(C2CC2)c(O)c1C=Nc1ccccc1F. The third-order valence-corrected chi connectivity index (χ3v) is 3.55. The van der Waals surface area contributed by atoms with Gasteiger partial charge in [0.25, 0.3) is 5.56 Å². The summed E-state index contributed by atoms with van der Waals surface area (Å²) in [6.07, 6.45) is 2.95. The predicted octanol–water partition coefficient (Wildman–Crippen LogP) is 2.84. The second-order valence-electron chi connectivity index (χ2n) is 4.81. The first kappa shape index (κ1) is 13.7. The molecule has 0 spiro atoms. The average Bonchev–Trinajstić information content (AvgIpc) is 3.24. The monoisotopic (exact) mass is 305 g/mol. The average molecular weight is 305 g/mol. The van der Waals surface area contributed by atoms with Gasteiger partial charge < -0.3 is 5.11 Å². The number of halogens is 1. The van der Waals surface area contributed by atoms with Crippen LogP contribution >= 0.6 is 12.2 Å². The number of aromatic hydroxyl groups is 1. The second kappa shape index (κ2) is 5.25. The van der Waals surface area contributed by atoms with E-state index in [1.165, 1.54) is 16.7 Å². The van der Waals surface area contributed by atoms with Crippen LogP contribution in [0, 0.1) is 10.6 Å². The molecule has 108 valence electrons. The van der Waals surface area contributed by atoms with Crippen LogP contribution in [0.4, 0.5) is 10.1 Å². The smallest absolute Gasteiger partial charge is 0.264 e. The number of hydrogen-bond acceptors (Lipinski definition) is 4. The molecule has 0 radical (unpaired) electrons. The molecule has 3 rings (SSSR count). The zero-order chi connectivity index (χ0) is 15.0. The maximum atomic E-state index is 13.5. The van der Waals surface area contributed by atoms with Crippen molar-refractivity contribution in [3.05, 3.63) is 50.8 Å². The highest BCUT2D eigenvalue weighted by Crippen LogP contribution is 2.37. The molecule has 0 bridgehead atoms. The number of nitrogens with zero attached hydrogens (tertiary/aromatic N) is 2. The van der Waals surface area contributed by atoms with Crippen LogP contribution in [0.25, 0.3) is 0 Å². The van der Waals surface area contributed by atoms with Gasteiger partial charge in [-0.3, -0.25) is 19.3 Å². The summed E-state index contributed by atoms with van der Waals surface area (Å²) in [5.74, 6) is -0.731. The summed E-state index contributed by atoms with van der Waals surface area (Å²) >= 11 is 5.04. The molecule has 1 fully saturated rings. The van der Waals surface area contributed by atoms with Crippen molar-refractivity contribution < 1.29 is 9.50 Å². The Kier molecular flexibility index (Phi) is 3.42. The van der Waals surface area contributed by atoms with Gasteiger partial charge in [0, 0.05) is 12.3 Å². The highest BCUT2D eigenvalue weighted by atomic mass is 32.1. The Bertz CT molecular complexity index is 837. The molecule has 1 aromatic heterocycles. The van der Waals surface area contributed by atoms with E-state index < -0.39 is 11.4 Å². The topological polar surface area (TPSA) is 70.4 Å². The van der Waals surface area contributed by atoms with E-state index in [0.29, 0.717) is 0 Å². The van der Waals surface area contributed by atoms with Crippen molar-refractivity contribution in [2.45, 2.75) is 18.9 Å². The molecule has 1 saturated carbocycles. The summed E-state index contributed by atoms with van der Waals surface area (Å²) in [5.41, 5.74) is -0.482. The fraction of sp³-hybridized carbons (Fsp3) is 0.214. The number of H-pyrrole nitrogens is 1. The number of rotatable bonds is 3. The van der Waals surface area contributed by atoms with Gasteiger partial charge in [0.1, 0.15) is 11.4 Å². The molecule has 1 aromatic carbocycles. The summed E-state index contributed by atoms with van der Waals surface area (Å²) in [6.45, 7) is 0. The first-order valence-corrected chi connectivity index (χ1v) is 6.85.